The molecule has 0 bridgehead atoms. The molecule has 1 saturated heterocycles. The monoisotopic (exact) mass is 399 g/mol. The molecule has 8 heteroatoms. The minimum absolute atomic E-state index is 0.222. The van der Waals surface area contributed by atoms with Crippen molar-refractivity contribution < 1.29 is 22.8 Å². The summed E-state index contributed by atoms with van der Waals surface area (Å²) in [5.74, 6) is 0.0960. The zero-order chi connectivity index (χ0) is 21.1. The third-order valence-electron chi connectivity index (χ3n) is 5.07. The summed E-state index contributed by atoms with van der Waals surface area (Å²) in [5, 5.41) is 2.27. The zero-order valence-electron chi connectivity index (χ0n) is 16.7. The van der Waals surface area contributed by atoms with E-state index in [0.717, 1.165) is 25.6 Å². The molecular formula is C20H28F3N3O2. The molecule has 1 heterocycles. The Bertz CT molecular complexity index is 698. The lowest BCUT2D eigenvalue weighted by atomic mass is 9.91. The number of nitrogens with zero attached hydrogens (tertiary/aromatic N) is 2. The first-order valence-electron chi connectivity index (χ1n) is 9.44. The number of carbonyl (C=O) groups is 2. The van der Waals surface area contributed by atoms with Crippen molar-refractivity contribution in [3.05, 3.63) is 29.8 Å². The number of nitrogens with one attached hydrogen (secondary N) is 1. The molecule has 1 aromatic carbocycles. The van der Waals surface area contributed by atoms with Gasteiger partial charge in [0, 0.05) is 20.1 Å². The molecule has 2 rings (SSSR count). The Labute approximate surface area is 163 Å². The van der Waals surface area contributed by atoms with Gasteiger partial charge in [-0.05, 0) is 37.3 Å². The van der Waals surface area contributed by atoms with E-state index in [1.165, 1.54) is 30.1 Å². The second-order valence-corrected chi connectivity index (χ2v) is 7.86. The number of anilines is 1. The van der Waals surface area contributed by atoms with E-state index in [4.69, 9.17) is 0 Å². The van der Waals surface area contributed by atoms with Gasteiger partial charge in [-0.3, -0.25) is 14.5 Å². The maximum Gasteiger partial charge on any atom is 0.418 e. The van der Waals surface area contributed by atoms with Crippen molar-refractivity contribution in [2.24, 2.45) is 11.8 Å². The Morgan fingerprint density at radius 3 is 2.36 bits per heavy atom. The minimum atomic E-state index is -4.57. The third kappa shape index (κ3) is 5.70. The molecular weight excluding hydrogens is 371 g/mol. The number of benzene rings is 1. The van der Waals surface area contributed by atoms with Crippen molar-refractivity contribution in [1.82, 2.24) is 9.80 Å². The molecule has 5 nitrogen and oxygen atoms in total. The van der Waals surface area contributed by atoms with Crippen LogP contribution in [0.3, 0.4) is 0 Å². The van der Waals surface area contributed by atoms with Crippen molar-refractivity contribution in [3.63, 3.8) is 0 Å². The number of rotatable bonds is 5. The molecule has 0 aromatic heterocycles. The fourth-order valence-corrected chi connectivity index (χ4v) is 3.82. The van der Waals surface area contributed by atoms with E-state index in [0.29, 0.717) is 11.8 Å². The van der Waals surface area contributed by atoms with Gasteiger partial charge < -0.3 is 10.2 Å². The van der Waals surface area contributed by atoms with Gasteiger partial charge in [-0.15, -0.1) is 0 Å². The summed E-state index contributed by atoms with van der Waals surface area (Å²) >= 11 is 0. The van der Waals surface area contributed by atoms with E-state index in [1.807, 2.05) is 0 Å². The number of likely N-dealkylation sites (N-methyl/N-ethyl adjacent to an activating group) is 1. The number of halogens is 3. The lowest BCUT2D eigenvalue weighted by molar-refractivity contribution is -0.139. The molecule has 1 fully saturated rings. The van der Waals surface area contributed by atoms with Gasteiger partial charge in [0.05, 0.1) is 23.8 Å². The highest BCUT2D eigenvalue weighted by atomic mass is 19.4. The maximum atomic E-state index is 13.0. The molecule has 0 saturated carbocycles. The van der Waals surface area contributed by atoms with Crippen molar-refractivity contribution in [1.29, 1.82) is 0 Å². The molecule has 0 radical (unpaired) electrons. The Morgan fingerprint density at radius 1 is 1.21 bits per heavy atom. The van der Waals surface area contributed by atoms with Crippen LogP contribution in [0.1, 0.15) is 32.8 Å². The van der Waals surface area contributed by atoms with Gasteiger partial charge in [0.1, 0.15) is 0 Å². The average Bonchev–Trinajstić information content (AvgIpc) is 2.59. The average molecular weight is 399 g/mol. The molecule has 1 aromatic rings. The highest BCUT2D eigenvalue weighted by Gasteiger charge is 2.34. The summed E-state index contributed by atoms with van der Waals surface area (Å²) in [7, 11) is 1.49. The van der Waals surface area contributed by atoms with Crippen LogP contribution in [0.25, 0.3) is 0 Å². The van der Waals surface area contributed by atoms with Crippen LogP contribution in [0.2, 0.25) is 0 Å². The SMILES string of the molecule is C[C@@H]1C[C@@H](C)CN([C@@H](C)C(=O)N(C)CC(=O)Nc2ccccc2C(F)(F)F)C1. The molecule has 28 heavy (non-hydrogen) atoms. The normalized spacial score (nSPS) is 21.8. The molecule has 2 amide bonds. The lowest BCUT2D eigenvalue weighted by Gasteiger charge is -2.39. The van der Waals surface area contributed by atoms with Gasteiger partial charge in [0.25, 0.3) is 0 Å². The van der Waals surface area contributed by atoms with Crippen LogP contribution in [-0.2, 0) is 15.8 Å². The number of para-hydroxylation sites is 1. The Morgan fingerprint density at radius 2 is 1.79 bits per heavy atom. The minimum Gasteiger partial charge on any atom is -0.335 e. The van der Waals surface area contributed by atoms with Crippen LogP contribution >= 0.6 is 0 Å². The van der Waals surface area contributed by atoms with Crippen molar-refractivity contribution in [3.8, 4) is 0 Å². The van der Waals surface area contributed by atoms with Crippen molar-refractivity contribution >= 4 is 17.5 Å². The van der Waals surface area contributed by atoms with Gasteiger partial charge in [0.15, 0.2) is 0 Å². The highest BCUT2D eigenvalue weighted by Crippen LogP contribution is 2.34. The predicted molar refractivity (Wildman–Crippen MR) is 102 cm³/mol. The fraction of sp³-hybridized carbons (Fsp3) is 0.600. The van der Waals surface area contributed by atoms with Crippen LogP contribution in [-0.4, -0.2) is 54.3 Å². The molecule has 1 N–H and O–H groups in total. The number of carbonyl (C=O) groups excluding carboxylic acids is 2. The molecule has 0 aliphatic carbocycles. The lowest BCUT2D eigenvalue weighted by Crippen LogP contribution is -2.51. The molecule has 0 spiro atoms. The van der Waals surface area contributed by atoms with Gasteiger partial charge in [0.2, 0.25) is 11.8 Å². The molecule has 3 atom stereocenters. The Balaban J connectivity index is 1.98. The van der Waals surface area contributed by atoms with Gasteiger partial charge in [-0.25, -0.2) is 0 Å². The van der Waals surface area contributed by atoms with Crippen LogP contribution in [0.15, 0.2) is 24.3 Å². The van der Waals surface area contributed by atoms with Crippen molar-refractivity contribution in [2.75, 3.05) is 32.0 Å². The van der Waals surface area contributed by atoms with Crippen LogP contribution in [0.4, 0.5) is 18.9 Å². The van der Waals surface area contributed by atoms with E-state index in [9.17, 15) is 22.8 Å². The number of likely N-dealkylation sites (tertiary alicyclic amines) is 1. The van der Waals surface area contributed by atoms with E-state index >= 15 is 0 Å². The fourth-order valence-electron chi connectivity index (χ4n) is 3.82. The number of piperidine rings is 1. The van der Waals surface area contributed by atoms with Gasteiger partial charge in [-0.2, -0.15) is 13.2 Å². The number of hydrogen-bond donors (Lipinski definition) is 1. The second-order valence-electron chi connectivity index (χ2n) is 7.86. The number of alkyl halides is 3. The van der Waals surface area contributed by atoms with E-state index in [2.05, 4.69) is 24.1 Å². The van der Waals surface area contributed by atoms with Crippen LogP contribution in [0, 0.1) is 11.8 Å². The van der Waals surface area contributed by atoms with Crippen LogP contribution in [0.5, 0.6) is 0 Å². The van der Waals surface area contributed by atoms with Crippen LogP contribution < -0.4 is 5.32 Å². The highest BCUT2D eigenvalue weighted by molar-refractivity contribution is 5.95. The first-order chi connectivity index (χ1) is 13.0. The second kappa shape index (κ2) is 8.94. The first kappa shape index (κ1) is 22.2. The Hall–Kier alpha value is -2.09. The van der Waals surface area contributed by atoms with E-state index in [1.54, 1.807) is 6.92 Å². The smallest absolute Gasteiger partial charge is 0.335 e. The summed E-state index contributed by atoms with van der Waals surface area (Å²) in [6.07, 6.45) is -3.45. The van der Waals surface area contributed by atoms with Gasteiger partial charge in [-0.1, -0.05) is 26.0 Å². The quantitative estimate of drug-likeness (QED) is 0.825. The topological polar surface area (TPSA) is 52.7 Å². The number of amides is 2. The molecule has 156 valence electrons. The summed E-state index contributed by atoms with van der Waals surface area (Å²) in [6, 6.07) is 4.40. The predicted octanol–water partition coefficient (Wildman–Crippen LogP) is 3.47. The molecule has 1 aliphatic rings. The molecule has 0 unspecified atom stereocenters. The van der Waals surface area contributed by atoms with E-state index in [-0.39, 0.29) is 24.2 Å². The largest absolute Gasteiger partial charge is 0.418 e. The molecule has 1 aliphatic heterocycles. The standard InChI is InChI=1S/C20H28F3N3O2/c1-13-9-14(2)11-26(10-13)15(3)19(28)25(4)12-18(27)24-17-8-6-5-7-16(17)20(21,22)23/h5-8,13-15H,9-12H2,1-4H3,(H,24,27)/t13-,14-,15+/m1/s1. The summed E-state index contributed by atoms with van der Waals surface area (Å²) in [4.78, 5) is 28.3. The Kier molecular flexibility index (Phi) is 7.09. The van der Waals surface area contributed by atoms with Gasteiger partial charge >= 0.3 is 6.18 Å². The first-order valence-corrected chi connectivity index (χ1v) is 9.44. The number of hydrogen-bond acceptors (Lipinski definition) is 3. The van der Waals surface area contributed by atoms with Crippen molar-refractivity contribution in [2.45, 2.75) is 39.4 Å². The summed E-state index contributed by atoms with van der Waals surface area (Å²) < 4.78 is 39.1. The summed E-state index contributed by atoms with van der Waals surface area (Å²) in [6.45, 7) is 7.42. The zero-order valence-corrected chi connectivity index (χ0v) is 16.7. The van der Waals surface area contributed by atoms with E-state index < -0.39 is 17.6 Å². The maximum absolute atomic E-state index is 13.0. The summed E-state index contributed by atoms with van der Waals surface area (Å²) in [5.41, 5.74) is -1.23. The third-order valence-corrected chi connectivity index (χ3v) is 5.07.